The van der Waals surface area contributed by atoms with Gasteiger partial charge in [-0.3, -0.25) is 0 Å². The number of rotatable bonds is 6. The minimum atomic E-state index is -0.874. The molecule has 24 heavy (non-hydrogen) atoms. The summed E-state index contributed by atoms with van der Waals surface area (Å²) in [6.45, 7) is 5.71. The van der Waals surface area contributed by atoms with E-state index in [2.05, 4.69) is 5.32 Å². The summed E-state index contributed by atoms with van der Waals surface area (Å²) >= 11 is 0. The van der Waals surface area contributed by atoms with Crippen LogP contribution >= 0.6 is 0 Å². The fourth-order valence-electron chi connectivity index (χ4n) is 2.45. The highest BCUT2D eigenvalue weighted by Crippen LogP contribution is 2.21. The van der Waals surface area contributed by atoms with Crippen molar-refractivity contribution in [1.82, 2.24) is 5.32 Å². The van der Waals surface area contributed by atoms with Crippen LogP contribution in [0.2, 0.25) is 0 Å². The maximum Gasteiger partial charge on any atom is 0.407 e. The van der Waals surface area contributed by atoms with Crippen LogP contribution in [0.1, 0.15) is 37.5 Å². The average Bonchev–Trinajstić information content (AvgIpc) is 2.53. The van der Waals surface area contributed by atoms with E-state index in [0.717, 1.165) is 16.7 Å². The molecule has 0 fully saturated rings. The average molecular weight is 327 g/mol. The van der Waals surface area contributed by atoms with E-state index in [9.17, 15) is 9.90 Å². The van der Waals surface area contributed by atoms with Crippen LogP contribution in [0.3, 0.4) is 0 Å². The van der Waals surface area contributed by atoms with Crippen molar-refractivity contribution in [3.8, 4) is 0 Å². The smallest absolute Gasteiger partial charge is 0.407 e. The van der Waals surface area contributed by atoms with Gasteiger partial charge in [0.05, 0.1) is 5.60 Å². The summed E-state index contributed by atoms with van der Waals surface area (Å²) in [5.74, 6) is 0. The van der Waals surface area contributed by atoms with Crippen LogP contribution in [0.5, 0.6) is 0 Å². The molecule has 0 aliphatic heterocycles. The second-order valence-electron chi connectivity index (χ2n) is 6.57. The maximum absolute atomic E-state index is 11.9. The minimum absolute atomic E-state index is 0.0645. The number of carbonyl (C=O) groups is 1. The Balaban J connectivity index is 1.84. The topological polar surface area (TPSA) is 58.6 Å². The van der Waals surface area contributed by atoms with Gasteiger partial charge >= 0.3 is 6.09 Å². The zero-order chi connectivity index (χ0) is 17.6. The van der Waals surface area contributed by atoms with Gasteiger partial charge in [0.2, 0.25) is 0 Å². The van der Waals surface area contributed by atoms with E-state index in [1.807, 2.05) is 61.5 Å². The number of nitrogens with one attached hydrogen (secondary N) is 1. The summed E-state index contributed by atoms with van der Waals surface area (Å²) in [4.78, 5) is 11.9. The standard InChI is InChI=1S/C20H25NO3/c1-15(12-17-10-7-11-18(13-17)20(2,3)23)21-19(22)24-14-16-8-5-4-6-9-16/h4-11,13,15,23H,12,14H2,1-3H3,(H,21,22)/t15-/m0/s1. The van der Waals surface area contributed by atoms with Crippen molar-refractivity contribution in [3.05, 3.63) is 71.3 Å². The third kappa shape index (κ3) is 5.70. The van der Waals surface area contributed by atoms with Gasteiger partial charge < -0.3 is 15.2 Å². The second-order valence-corrected chi connectivity index (χ2v) is 6.57. The molecule has 0 spiro atoms. The Morgan fingerprint density at radius 1 is 1.12 bits per heavy atom. The van der Waals surface area contributed by atoms with Gasteiger partial charge in [0.25, 0.3) is 0 Å². The van der Waals surface area contributed by atoms with Crippen LogP contribution in [-0.4, -0.2) is 17.2 Å². The molecule has 0 aliphatic carbocycles. The van der Waals surface area contributed by atoms with Gasteiger partial charge in [-0.15, -0.1) is 0 Å². The number of hydrogen-bond donors (Lipinski definition) is 2. The van der Waals surface area contributed by atoms with Gasteiger partial charge in [-0.1, -0.05) is 54.6 Å². The molecule has 128 valence electrons. The number of aliphatic hydroxyl groups is 1. The van der Waals surface area contributed by atoms with E-state index in [1.54, 1.807) is 13.8 Å². The predicted octanol–water partition coefficient (Wildman–Crippen LogP) is 3.77. The molecule has 0 saturated carbocycles. The van der Waals surface area contributed by atoms with E-state index in [-0.39, 0.29) is 12.6 Å². The first kappa shape index (κ1) is 18.0. The molecule has 0 aromatic heterocycles. The molecular weight excluding hydrogens is 302 g/mol. The van der Waals surface area contributed by atoms with E-state index in [1.165, 1.54) is 0 Å². The van der Waals surface area contributed by atoms with Crippen LogP contribution in [0.4, 0.5) is 4.79 Å². The summed E-state index contributed by atoms with van der Waals surface area (Å²) in [5, 5.41) is 12.9. The van der Waals surface area contributed by atoms with Gasteiger partial charge in [-0.2, -0.15) is 0 Å². The summed E-state index contributed by atoms with van der Waals surface area (Å²) in [6.07, 6.45) is 0.245. The van der Waals surface area contributed by atoms with Crippen LogP contribution in [-0.2, 0) is 23.4 Å². The van der Waals surface area contributed by atoms with Crippen LogP contribution in [0.25, 0.3) is 0 Å². The Bertz CT molecular complexity index is 662. The Morgan fingerprint density at radius 2 is 1.79 bits per heavy atom. The number of alkyl carbamates (subject to hydrolysis) is 1. The van der Waals surface area contributed by atoms with Gasteiger partial charge in [0.1, 0.15) is 6.61 Å². The molecule has 1 amide bonds. The quantitative estimate of drug-likeness (QED) is 0.849. The Kier molecular flexibility index (Phi) is 5.99. The summed E-state index contributed by atoms with van der Waals surface area (Å²) < 4.78 is 5.22. The number of amides is 1. The van der Waals surface area contributed by atoms with Crippen molar-refractivity contribution in [2.75, 3.05) is 0 Å². The monoisotopic (exact) mass is 327 g/mol. The summed E-state index contributed by atoms with van der Waals surface area (Å²) in [6, 6.07) is 17.3. The molecular formula is C20H25NO3. The van der Waals surface area contributed by atoms with Crippen molar-refractivity contribution in [3.63, 3.8) is 0 Å². The van der Waals surface area contributed by atoms with Gasteiger partial charge in [0.15, 0.2) is 0 Å². The van der Waals surface area contributed by atoms with Crippen LogP contribution in [0.15, 0.2) is 54.6 Å². The first-order valence-corrected chi connectivity index (χ1v) is 8.13. The molecule has 0 unspecified atom stereocenters. The molecule has 0 heterocycles. The molecule has 2 rings (SSSR count). The predicted molar refractivity (Wildman–Crippen MR) is 94.6 cm³/mol. The van der Waals surface area contributed by atoms with Crippen molar-refractivity contribution >= 4 is 6.09 Å². The van der Waals surface area contributed by atoms with Crippen LogP contribution < -0.4 is 5.32 Å². The lowest BCUT2D eigenvalue weighted by Crippen LogP contribution is -2.34. The first-order chi connectivity index (χ1) is 11.3. The largest absolute Gasteiger partial charge is 0.445 e. The van der Waals surface area contributed by atoms with Crippen LogP contribution in [0, 0.1) is 0 Å². The third-order valence-electron chi connectivity index (χ3n) is 3.75. The second kappa shape index (κ2) is 7.97. The molecule has 2 aromatic rings. The molecule has 0 saturated heterocycles. The van der Waals surface area contributed by atoms with E-state index < -0.39 is 11.7 Å². The van der Waals surface area contributed by atoms with Gasteiger partial charge in [-0.25, -0.2) is 4.79 Å². The van der Waals surface area contributed by atoms with Gasteiger partial charge in [0, 0.05) is 6.04 Å². The fraction of sp³-hybridized carbons (Fsp3) is 0.350. The van der Waals surface area contributed by atoms with Gasteiger partial charge in [-0.05, 0) is 43.9 Å². The Hall–Kier alpha value is -2.33. The highest BCUT2D eigenvalue weighted by molar-refractivity contribution is 5.67. The van der Waals surface area contributed by atoms with E-state index in [0.29, 0.717) is 6.42 Å². The normalized spacial score (nSPS) is 12.5. The Labute approximate surface area is 143 Å². The molecule has 0 aliphatic rings. The summed E-state index contributed by atoms with van der Waals surface area (Å²) in [5.41, 5.74) is 2.00. The molecule has 4 nitrogen and oxygen atoms in total. The summed E-state index contributed by atoms with van der Waals surface area (Å²) in [7, 11) is 0. The molecule has 1 atom stereocenters. The molecule has 4 heteroatoms. The first-order valence-electron chi connectivity index (χ1n) is 8.13. The van der Waals surface area contributed by atoms with E-state index in [4.69, 9.17) is 4.74 Å². The Morgan fingerprint density at radius 3 is 2.46 bits per heavy atom. The van der Waals surface area contributed by atoms with Crippen molar-refractivity contribution < 1.29 is 14.6 Å². The maximum atomic E-state index is 11.9. The minimum Gasteiger partial charge on any atom is -0.445 e. The molecule has 2 N–H and O–H groups in total. The molecule has 2 aromatic carbocycles. The molecule has 0 radical (unpaired) electrons. The lowest BCUT2D eigenvalue weighted by atomic mass is 9.95. The van der Waals surface area contributed by atoms with Crippen molar-refractivity contribution in [2.45, 2.75) is 45.4 Å². The van der Waals surface area contributed by atoms with E-state index >= 15 is 0 Å². The lowest BCUT2D eigenvalue weighted by molar-refractivity contribution is 0.0785. The number of carbonyl (C=O) groups excluding carboxylic acids is 1. The SMILES string of the molecule is C[C@@H](Cc1cccc(C(C)(C)O)c1)NC(=O)OCc1ccccc1. The zero-order valence-electron chi connectivity index (χ0n) is 14.5. The number of ether oxygens (including phenoxy) is 1. The zero-order valence-corrected chi connectivity index (χ0v) is 14.5. The number of benzene rings is 2. The van der Waals surface area contributed by atoms with Crippen molar-refractivity contribution in [1.29, 1.82) is 0 Å². The molecule has 0 bridgehead atoms. The fourth-order valence-corrected chi connectivity index (χ4v) is 2.45. The lowest BCUT2D eigenvalue weighted by Gasteiger charge is -2.20. The van der Waals surface area contributed by atoms with Crippen molar-refractivity contribution in [2.24, 2.45) is 0 Å². The number of hydrogen-bond acceptors (Lipinski definition) is 3. The third-order valence-corrected chi connectivity index (χ3v) is 3.75. The highest BCUT2D eigenvalue weighted by atomic mass is 16.5. The highest BCUT2D eigenvalue weighted by Gasteiger charge is 2.16.